The van der Waals surface area contributed by atoms with Gasteiger partial charge in [0.1, 0.15) is 5.75 Å². The Kier molecular flexibility index (Phi) is 4.73. The molecule has 0 radical (unpaired) electrons. The molecule has 0 heterocycles. The number of hydrogen-bond donors (Lipinski definition) is 1. The highest BCUT2D eigenvalue weighted by atomic mass is 16.5. The predicted molar refractivity (Wildman–Crippen MR) is 62.8 cm³/mol. The number of aliphatic hydroxyl groups is 1. The summed E-state index contributed by atoms with van der Waals surface area (Å²) in [6, 6.07) is 6.98. The smallest absolute Gasteiger partial charge is 0.166 e. The molecule has 0 bridgehead atoms. The zero-order valence-corrected chi connectivity index (χ0v) is 9.51. The van der Waals surface area contributed by atoms with E-state index in [9.17, 15) is 4.79 Å². The molecule has 1 N–H and O–H groups in total. The Morgan fingerprint density at radius 2 is 2.06 bits per heavy atom. The van der Waals surface area contributed by atoms with Gasteiger partial charge in [-0.05, 0) is 31.2 Å². The van der Waals surface area contributed by atoms with E-state index in [1.807, 2.05) is 0 Å². The van der Waals surface area contributed by atoms with Gasteiger partial charge >= 0.3 is 0 Å². The molecule has 1 aromatic carbocycles. The maximum Gasteiger partial charge on any atom is 0.166 e. The number of rotatable bonds is 5. The minimum absolute atomic E-state index is 0.0274. The zero-order valence-electron chi connectivity index (χ0n) is 9.51. The fourth-order valence-electron chi connectivity index (χ4n) is 1.27. The van der Waals surface area contributed by atoms with E-state index in [-0.39, 0.29) is 5.78 Å². The van der Waals surface area contributed by atoms with Gasteiger partial charge in [0, 0.05) is 12.0 Å². The maximum absolute atomic E-state index is 11.7. The lowest BCUT2D eigenvalue weighted by molar-refractivity contribution is 0.0995. The Bertz CT molecular complexity index is 363. The molecule has 3 nitrogen and oxygen atoms in total. The Labute approximate surface area is 95.4 Å². The molecular formula is C13H16O3. The highest BCUT2D eigenvalue weighted by Crippen LogP contribution is 2.12. The van der Waals surface area contributed by atoms with Gasteiger partial charge in [-0.1, -0.05) is 12.2 Å². The van der Waals surface area contributed by atoms with Gasteiger partial charge in [-0.3, -0.25) is 4.79 Å². The van der Waals surface area contributed by atoms with Crippen LogP contribution in [0, 0.1) is 0 Å². The third-order valence-electron chi connectivity index (χ3n) is 2.13. The molecule has 0 saturated heterocycles. The van der Waals surface area contributed by atoms with Crippen LogP contribution < -0.4 is 4.74 Å². The van der Waals surface area contributed by atoms with E-state index in [0.29, 0.717) is 12.0 Å². The molecule has 0 fully saturated rings. The second kappa shape index (κ2) is 6.08. The molecule has 0 aliphatic rings. The molecule has 0 unspecified atom stereocenters. The highest BCUT2D eigenvalue weighted by molar-refractivity contribution is 5.97. The van der Waals surface area contributed by atoms with Crippen LogP contribution in [-0.4, -0.2) is 24.1 Å². The number of Topliss-reactive ketones (excluding diaryl/α,β-unsaturated/α-hetero) is 1. The topological polar surface area (TPSA) is 46.5 Å². The quantitative estimate of drug-likeness (QED) is 0.611. The summed E-state index contributed by atoms with van der Waals surface area (Å²) in [6.45, 7) is 1.65. The summed E-state index contributed by atoms with van der Waals surface area (Å²) in [6.07, 6.45) is 3.07. The van der Waals surface area contributed by atoms with Crippen molar-refractivity contribution in [2.75, 3.05) is 7.11 Å². The number of carbonyl (C=O) groups is 1. The lowest BCUT2D eigenvalue weighted by Crippen LogP contribution is -1.98. The van der Waals surface area contributed by atoms with E-state index in [4.69, 9.17) is 9.84 Å². The van der Waals surface area contributed by atoms with Crippen molar-refractivity contribution in [3.63, 3.8) is 0 Å². The Morgan fingerprint density at radius 3 is 2.56 bits per heavy atom. The van der Waals surface area contributed by atoms with Crippen LogP contribution in [0.1, 0.15) is 23.7 Å². The van der Waals surface area contributed by atoms with Gasteiger partial charge in [-0.15, -0.1) is 0 Å². The van der Waals surface area contributed by atoms with Crippen molar-refractivity contribution in [3.05, 3.63) is 42.0 Å². The van der Waals surface area contributed by atoms with Gasteiger partial charge in [0.05, 0.1) is 13.2 Å². The van der Waals surface area contributed by atoms with Crippen molar-refractivity contribution >= 4 is 5.78 Å². The van der Waals surface area contributed by atoms with Crippen LogP contribution in [0.2, 0.25) is 0 Å². The Morgan fingerprint density at radius 1 is 1.44 bits per heavy atom. The van der Waals surface area contributed by atoms with Crippen LogP contribution in [-0.2, 0) is 0 Å². The first kappa shape index (κ1) is 12.5. The molecule has 0 amide bonds. The van der Waals surface area contributed by atoms with Crippen molar-refractivity contribution < 1.29 is 14.6 Å². The van der Waals surface area contributed by atoms with Crippen LogP contribution >= 0.6 is 0 Å². The van der Waals surface area contributed by atoms with Crippen molar-refractivity contribution in [3.8, 4) is 5.75 Å². The molecule has 16 heavy (non-hydrogen) atoms. The minimum Gasteiger partial charge on any atom is -0.497 e. The molecule has 0 aromatic heterocycles. The van der Waals surface area contributed by atoms with Gasteiger partial charge in [0.25, 0.3) is 0 Å². The fraction of sp³-hybridized carbons (Fsp3) is 0.308. The SMILES string of the molecule is COc1ccc(C(=O)C/C=C/[C@@H](C)O)cc1. The molecule has 0 aliphatic carbocycles. The monoisotopic (exact) mass is 220 g/mol. The first-order valence-corrected chi connectivity index (χ1v) is 5.15. The number of ether oxygens (including phenoxy) is 1. The highest BCUT2D eigenvalue weighted by Gasteiger charge is 2.03. The number of carbonyl (C=O) groups excluding carboxylic acids is 1. The second-order valence-corrected chi connectivity index (χ2v) is 3.52. The lowest BCUT2D eigenvalue weighted by atomic mass is 10.1. The average molecular weight is 220 g/mol. The van der Waals surface area contributed by atoms with Gasteiger partial charge < -0.3 is 9.84 Å². The summed E-state index contributed by atoms with van der Waals surface area (Å²) >= 11 is 0. The average Bonchev–Trinajstić information content (AvgIpc) is 2.28. The Hall–Kier alpha value is -1.61. The summed E-state index contributed by atoms with van der Waals surface area (Å²) < 4.78 is 5.00. The van der Waals surface area contributed by atoms with Crippen LogP contribution in [0.4, 0.5) is 0 Å². The van der Waals surface area contributed by atoms with E-state index < -0.39 is 6.10 Å². The van der Waals surface area contributed by atoms with E-state index in [1.165, 1.54) is 0 Å². The lowest BCUT2D eigenvalue weighted by Gasteiger charge is -2.01. The van der Waals surface area contributed by atoms with Crippen LogP contribution in [0.5, 0.6) is 5.75 Å². The molecule has 3 heteroatoms. The normalized spacial score (nSPS) is 12.7. The standard InChI is InChI=1S/C13H16O3/c1-10(14)4-3-5-13(15)11-6-8-12(16-2)9-7-11/h3-4,6-10,14H,5H2,1-2H3/b4-3+/t10-/m1/s1. The summed E-state index contributed by atoms with van der Waals surface area (Å²) in [7, 11) is 1.59. The van der Waals surface area contributed by atoms with Crippen LogP contribution in [0.15, 0.2) is 36.4 Å². The predicted octanol–water partition coefficient (Wildman–Crippen LogP) is 2.21. The second-order valence-electron chi connectivity index (χ2n) is 3.52. The van der Waals surface area contributed by atoms with Crippen LogP contribution in [0.3, 0.4) is 0 Å². The Balaban J connectivity index is 2.59. The number of benzene rings is 1. The van der Waals surface area contributed by atoms with Gasteiger partial charge in [0.15, 0.2) is 5.78 Å². The van der Waals surface area contributed by atoms with E-state index in [1.54, 1.807) is 50.5 Å². The number of allylic oxidation sites excluding steroid dienone is 1. The number of aliphatic hydroxyl groups excluding tert-OH is 1. The zero-order chi connectivity index (χ0) is 12.0. The molecular weight excluding hydrogens is 204 g/mol. The molecule has 1 atom stereocenters. The van der Waals surface area contributed by atoms with Gasteiger partial charge in [0.2, 0.25) is 0 Å². The van der Waals surface area contributed by atoms with Gasteiger partial charge in [-0.25, -0.2) is 0 Å². The molecule has 0 saturated carbocycles. The van der Waals surface area contributed by atoms with Crippen molar-refractivity contribution in [1.29, 1.82) is 0 Å². The van der Waals surface area contributed by atoms with Crippen molar-refractivity contribution in [2.24, 2.45) is 0 Å². The van der Waals surface area contributed by atoms with Crippen molar-refractivity contribution in [1.82, 2.24) is 0 Å². The fourth-order valence-corrected chi connectivity index (χ4v) is 1.27. The number of methoxy groups -OCH3 is 1. The van der Waals surface area contributed by atoms with Crippen molar-refractivity contribution in [2.45, 2.75) is 19.4 Å². The molecule has 86 valence electrons. The van der Waals surface area contributed by atoms with E-state index >= 15 is 0 Å². The number of hydrogen-bond acceptors (Lipinski definition) is 3. The molecule has 1 aromatic rings. The third kappa shape index (κ3) is 3.87. The van der Waals surface area contributed by atoms with E-state index in [2.05, 4.69) is 0 Å². The first-order valence-electron chi connectivity index (χ1n) is 5.15. The summed E-state index contributed by atoms with van der Waals surface area (Å²) in [5.74, 6) is 0.760. The van der Waals surface area contributed by atoms with Crippen LogP contribution in [0.25, 0.3) is 0 Å². The molecule has 1 rings (SSSR count). The minimum atomic E-state index is -0.510. The maximum atomic E-state index is 11.7. The van der Waals surface area contributed by atoms with Gasteiger partial charge in [-0.2, -0.15) is 0 Å². The van der Waals surface area contributed by atoms with E-state index in [0.717, 1.165) is 5.75 Å². The summed E-state index contributed by atoms with van der Waals surface area (Å²) in [4.78, 5) is 11.7. The molecule has 0 aliphatic heterocycles. The summed E-state index contributed by atoms with van der Waals surface area (Å²) in [5.41, 5.74) is 0.649. The summed E-state index contributed by atoms with van der Waals surface area (Å²) in [5, 5.41) is 8.99. The number of ketones is 1. The largest absolute Gasteiger partial charge is 0.497 e. The molecule has 0 spiro atoms. The third-order valence-corrected chi connectivity index (χ3v) is 2.13. The first-order chi connectivity index (χ1) is 7.63.